The Kier molecular flexibility index (Phi) is 16.2. The zero-order valence-electron chi connectivity index (χ0n) is 40.1. The zero-order chi connectivity index (χ0) is 47.8. The lowest BCUT2D eigenvalue weighted by Gasteiger charge is -2.49. The van der Waals surface area contributed by atoms with Gasteiger partial charge in [0.1, 0.15) is 30.7 Å². The summed E-state index contributed by atoms with van der Waals surface area (Å²) in [6, 6.07) is 6.12. The van der Waals surface area contributed by atoms with E-state index >= 15 is 0 Å². The number of esters is 1. The maximum atomic E-state index is 15.0. The van der Waals surface area contributed by atoms with E-state index in [1.165, 1.54) is 7.11 Å². The van der Waals surface area contributed by atoms with Gasteiger partial charge in [-0.05, 0) is 106 Å². The molecule has 4 aliphatic heterocycles. The Morgan fingerprint density at radius 2 is 1.64 bits per heavy atom. The SMILES string of the molecule is CC[C@H]1OC(=O)[C@H](C)[C@@H](OC(=O)N2C(=O)OCC2(C)C)[C@H](C)[C@@H](O[C@@H]2O[C@H](C)C[C@H](N(C)C(C)C)[C@H]2O)[C@@](C)(OC)C[C@@H](C)C(=O)[C@H](C)[C@H]2N(CCc3ccc(Cl)cc3)C(=O)O[C@]12C. The molecule has 0 spiro atoms. The van der Waals surface area contributed by atoms with Crippen LogP contribution in [0.15, 0.2) is 24.3 Å². The summed E-state index contributed by atoms with van der Waals surface area (Å²) >= 11 is 6.16. The van der Waals surface area contributed by atoms with Crippen LogP contribution in [0.3, 0.4) is 0 Å². The molecule has 1 aromatic rings. The largest absolute Gasteiger partial charge is 0.458 e. The number of nitrogens with zero attached hydrogens (tertiary/aromatic N) is 3. The average molecular weight is 923 g/mol. The standard InChI is InChI=1S/C47H72ClN3O13/c1-15-34-47(12)38(50(42(55)64-47)21-20-31-16-18-32(48)19-17-31)28(6)35(52)26(4)23-46(11,58-14)39(63-41-36(53)33(22-27(5)60-41)49(13)25(2)3)29(7)37(30(8)40(54)61-34)62-44(57)51-43(56)59-24-45(51,9)10/h16-19,25-30,33-34,36-39,41,53H,15,20-24H2,1-14H3/t26-,27-,28+,29+,30-,33+,34-,36-,37+,38-,39-,41+,46+,47-/m1/s1. The highest BCUT2D eigenvalue weighted by atomic mass is 35.5. The number of aliphatic hydroxyl groups excluding tert-OH is 1. The molecule has 4 saturated heterocycles. The van der Waals surface area contributed by atoms with Gasteiger partial charge in [0.2, 0.25) is 0 Å². The lowest BCUT2D eigenvalue weighted by atomic mass is 9.73. The van der Waals surface area contributed by atoms with Gasteiger partial charge in [0, 0.05) is 48.5 Å². The topological polar surface area (TPSA) is 180 Å². The van der Waals surface area contributed by atoms with Crippen molar-refractivity contribution < 1.29 is 62.2 Å². The number of Topliss-reactive ketones (excluding diaryl/α,β-unsaturated/α-hetero) is 1. The van der Waals surface area contributed by atoms with Crippen LogP contribution in [-0.4, -0.2) is 149 Å². The van der Waals surface area contributed by atoms with Crippen LogP contribution in [0.1, 0.15) is 108 Å². The normalized spacial score (nSPS) is 37.5. The molecule has 1 aromatic carbocycles. The average Bonchev–Trinajstić information content (AvgIpc) is 3.67. The predicted octanol–water partition coefficient (Wildman–Crippen LogP) is 7.03. The molecule has 360 valence electrons. The number of fused-ring (bicyclic) bond motifs is 1. The summed E-state index contributed by atoms with van der Waals surface area (Å²) in [6.07, 6.45) is -7.66. The molecule has 1 N–H and O–H groups in total. The highest BCUT2D eigenvalue weighted by molar-refractivity contribution is 6.30. The smallest absolute Gasteiger partial charge is 0.420 e. The third-order valence-corrected chi connectivity index (χ3v) is 14.6. The summed E-state index contributed by atoms with van der Waals surface area (Å²) < 4.78 is 43.7. The fourth-order valence-electron chi connectivity index (χ4n) is 10.3. The van der Waals surface area contributed by atoms with Gasteiger partial charge in [-0.1, -0.05) is 51.4 Å². The number of rotatable bonds is 10. The second-order valence-corrected chi connectivity index (χ2v) is 20.3. The van der Waals surface area contributed by atoms with Crippen LogP contribution < -0.4 is 0 Å². The van der Waals surface area contributed by atoms with Gasteiger partial charge >= 0.3 is 24.2 Å². The van der Waals surface area contributed by atoms with Gasteiger partial charge in [-0.25, -0.2) is 19.3 Å². The first kappa shape index (κ1) is 51.4. The lowest BCUT2D eigenvalue weighted by Crippen LogP contribution is -2.61. The second kappa shape index (κ2) is 20.1. The Bertz CT molecular complexity index is 1850. The summed E-state index contributed by atoms with van der Waals surface area (Å²) in [5, 5.41) is 12.5. The number of carbonyl (C=O) groups excluding carboxylic acids is 5. The van der Waals surface area contributed by atoms with Crippen LogP contribution in [0.4, 0.5) is 14.4 Å². The number of cyclic esters (lactones) is 2. The number of hydrogen-bond acceptors (Lipinski definition) is 14. The van der Waals surface area contributed by atoms with E-state index in [1.807, 2.05) is 40.0 Å². The van der Waals surface area contributed by atoms with E-state index in [1.54, 1.807) is 79.3 Å². The third kappa shape index (κ3) is 10.4. The predicted molar refractivity (Wildman–Crippen MR) is 236 cm³/mol. The van der Waals surface area contributed by atoms with Crippen molar-refractivity contribution in [3.8, 4) is 0 Å². The van der Waals surface area contributed by atoms with Crippen molar-refractivity contribution in [2.45, 2.75) is 180 Å². The van der Waals surface area contributed by atoms with Gasteiger partial charge in [0.05, 0.1) is 35.3 Å². The second-order valence-electron chi connectivity index (χ2n) is 19.8. The number of aliphatic hydroxyl groups is 1. The van der Waals surface area contributed by atoms with Crippen LogP contribution in [0.25, 0.3) is 0 Å². The van der Waals surface area contributed by atoms with Crippen molar-refractivity contribution >= 4 is 41.6 Å². The number of ketones is 1. The maximum absolute atomic E-state index is 15.0. The minimum Gasteiger partial charge on any atom is -0.458 e. The molecule has 0 radical (unpaired) electrons. The van der Waals surface area contributed by atoms with Crippen molar-refractivity contribution in [2.75, 3.05) is 27.3 Å². The number of halogens is 1. The molecule has 0 saturated carbocycles. The van der Waals surface area contributed by atoms with Gasteiger partial charge in [0.25, 0.3) is 0 Å². The number of imide groups is 1. The van der Waals surface area contributed by atoms with E-state index in [0.717, 1.165) is 10.5 Å². The van der Waals surface area contributed by atoms with E-state index in [4.69, 9.17) is 44.8 Å². The molecule has 16 nitrogen and oxygen atoms in total. The van der Waals surface area contributed by atoms with Gasteiger partial charge < -0.3 is 38.3 Å². The highest BCUT2D eigenvalue weighted by Crippen LogP contribution is 2.44. The minimum absolute atomic E-state index is 0.0561. The molecule has 3 amide bonds. The highest BCUT2D eigenvalue weighted by Gasteiger charge is 2.61. The third-order valence-electron chi connectivity index (χ3n) is 14.3. The number of likely N-dealkylation sites (N-methyl/N-ethyl adjacent to an activating group) is 1. The molecule has 4 fully saturated rings. The zero-order valence-corrected chi connectivity index (χ0v) is 40.9. The molecular weight excluding hydrogens is 850 g/mol. The fourth-order valence-corrected chi connectivity index (χ4v) is 10.5. The van der Waals surface area contributed by atoms with E-state index in [2.05, 4.69) is 4.90 Å². The first-order valence-corrected chi connectivity index (χ1v) is 23.1. The van der Waals surface area contributed by atoms with E-state index in [0.29, 0.717) is 17.9 Å². The molecular formula is C47H72ClN3O13. The number of benzene rings is 1. The van der Waals surface area contributed by atoms with Crippen LogP contribution in [0.5, 0.6) is 0 Å². The Labute approximate surface area is 383 Å². The molecule has 0 bridgehead atoms. The molecule has 4 heterocycles. The Morgan fingerprint density at radius 1 is 1.00 bits per heavy atom. The molecule has 0 aliphatic carbocycles. The molecule has 4 aliphatic rings. The van der Waals surface area contributed by atoms with Crippen molar-refractivity contribution in [3.05, 3.63) is 34.9 Å². The van der Waals surface area contributed by atoms with E-state index in [9.17, 15) is 29.1 Å². The van der Waals surface area contributed by atoms with E-state index in [-0.39, 0.29) is 50.0 Å². The van der Waals surface area contributed by atoms with Crippen LogP contribution >= 0.6 is 11.6 Å². The first-order chi connectivity index (χ1) is 29.8. The number of carbonyl (C=O) groups is 5. The quantitative estimate of drug-likeness (QED) is 0.187. The minimum atomic E-state index is -1.50. The summed E-state index contributed by atoms with van der Waals surface area (Å²) in [5.41, 5.74) is -3.05. The molecule has 64 heavy (non-hydrogen) atoms. The Balaban J connectivity index is 1.64. The molecule has 14 atom stereocenters. The molecule has 5 rings (SSSR count). The van der Waals surface area contributed by atoms with Gasteiger partial charge in [-0.15, -0.1) is 0 Å². The summed E-state index contributed by atoms with van der Waals surface area (Å²) in [5.74, 6) is -4.72. The maximum Gasteiger partial charge on any atom is 0.420 e. The summed E-state index contributed by atoms with van der Waals surface area (Å²) in [7, 11) is 3.41. The van der Waals surface area contributed by atoms with Gasteiger partial charge in [-0.2, -0.15) is 0 Å². The monoisotopic (exact) mass is 921 g/mol. The fraction of sp³-hybridized carbons (Fsp3) is 0.766. The Morgan fingerprint density at radius 3 is 2.20 bits per heavy atom. The number of methoxy groups -OCH3 is 1. The summed E-state index contributed by atoms with van der Waals surface area (Å²) in [6.45, 7) is 21.5. The van der Waals surface area contributed by atoms with Crippen molar-refractivity contribution in [3.63, 3.8) is 0 Å². The molecule has 0 unspecified atom stereocenters. The molecule has 17 heteroatoms. The molecule has 0 aromatic heterocycles. The number of ether oxygens (including phenoxy) is 7. The van der Waals surface area contributed by atoms with Gasteiger partial charge in [0.15, 0.2) is 11.9 Å². The first-order valence-electron chi connectivity index (χ1n) is 22.7. The van der Waals surface area contributed by atoms with Crippen molar-refractivity contribution in [1.82, 2.24) is 14.7 Å². The van der Waals surface area contributed by atoms with Crippen molar-refractivity contribution in [1.29, 1.82) is 0 Å². The lowest BCUT2D eigenvalue weighted by molar-refractivity contribution is -0.302. The Hall–Kier alpha value is -3.54. The van der Waals surface area contributed by atoms with Gasteiger partial charge in [-0.3, -0.25) is 19.4 Å². The number of amides is 3. The van der Waals surface area contributed by atoms with Crippen LogP contribution in [0.2, 0.25) is 5.02 Å². The summed E-state index contributed by atoms with van der Waals surface area (Å²) in [4.78, 5) is 75.4. The van der Waals surface area contributed by atoms with Crippen molar-refractivity contribution in [2.24, 2.45) is 23.7 Å². The van der Waals surface area contributed by atoms with Crippen LogP contribution in [0, 0.1) is 23.7 Å². The van der Waals surface area contributed by atoms with E-state index < -0.39 is 101 Å². The number of hydrogen-bond donors (Lipinski definition) is 1. The van der Waals surface area contributed by atoms with Crippen LogP contribution in [-0.2, 0) is 49.2 Å².